The van der Waals surface area contributed by atoms with Crippen LogP contribution >= 0.6 is 0 Å². The van der Waals surface area contributed by atoms with Crippen LogP contribution in [0.3, 0.4) is 0 Å². The van der Waals surface area contributed by atoms with Gasteiger partial charge in [0.25, 0.3) is 0 Å². The molecule has 0 radical (unpaired) electrons. The number of ether oxygens (including phenoxy) is 3. The summed E-state index contributed by atoms with van der Waals surface area (Å²) in [5.74, 6) is -0.635. The maximum atomic E-state index is 12.4. The molecule has 0 amide bonds. The number of carbonyl (C=O) groups is 1. The minimum atomic E-state index is -4.75. The van der Waals surface area contributed by atoms with Crippen LogP contribution in [0, 0.1) is 0 Å². The van der Waals surface area contributed by atoms with Crippen LogP contribution < -0.4 is 9.47 Å². The normalized spacial score (nSPS) is 12.6. The van der Waals surface area contributed by atoms with Crippen molar-refractivity contribution in [1.82, 2.24) is 9.78 Å². The SMILES string of the molecule is COC(Cc1ccc(OCc2cn(-c3ccc(OC(F)(F)F)cc3)nc2C(C)C)cc1)C(=O)O. The predicted molar refractivity (Wildman–Crippen MR) is 117 cm³/mol. The van der Waals surface area contributed by atoms with Gasteiger partial charge in [0.1, 0.15) is 18.1 Å². The van der Waals surface area contributed by atoms with E-state index in [2.05, 4.69) is 9.84 Å². The molecule has 1 heterocycles. The Kier molecular flexibility index (Phi) is 7.83. The Bertz CT molecular complexity index is 1090. The quantitative estimate of drug-likeness (QED) is 0.436. The molecule has 34 heavy (non-hydrogen) atoms. The summed E-state index contributed by atoms with van der Waals surface area (Å²) in [5, 5.41) is 13.7. The molecule has 0 aliphatic carbocycles. The molecule has 7 nitrogen and oxygen atoms in total. The molecule has 0 spiro atoms. The van der Waals surface area contributed by atoms with Gasteiger partial charge in [-0.3, -0.25) is 0 Å². The Hall–Kier alpha value is -3.53. The molecule has 2 aromatic carbocycles. The first-order chi connectivity index (χ1) is 16.1. The number of benzene rings is 2. The summed E-state index contributed by atoms with van der Waals surface area (Å²) in [4.78, 5) is 11.1. The molecule has 10 heteroatoms. The maximum absolute atomic E-state index is 12.4. The summed E-state index contributed by atoms with van der Waals surface area (Å²) >= 11 is 0. The van der Waals surface area contributed by atoms with E-state index in [-0.39, 0.29) is 24.7 Å². The second kappa shape index (κ2) is 10.6. The van der Waals surface area contributed by atoms with Crippen LogP contribution in [0.15, 0.2) is 54.7 Å². The van der Waals surface area contributed by atoms with Crippen molar-refractivity contribution in [3.8, 4) is 17.2 Å². The van der Waals surface area contributed by atoms with E-state index in [0.717, 1.165) is 16.8 Å². The Morgan fingerprint density at radius 3 is 2.21 bits per heavy atom. The smallest absolute Gasteiger partial charge is 0.489 e. The second-order valence-electron chi connectivity index (χ2n) is 7.88. The lowest BCUT2D eigenvalue weighted by atomic mass is 10.1. The van der Waals surface area contributed by atoms with Crippen LogP contribution in [0.4, 0.5) is 13.2 Å². The standard InChI is InChI=1S/C24H25F3N2O5/c1-15(2)22-17(13-29(28-22)18-6-10-20(11-7-18)34-24(25,26)27)14-33-19-8-4-16(5-9-19)12-21(32-3)23(30)31/h4-11,13,15,21H,12,14H2,1-3H3,(H,30,31). The number of hydrogen-bond donors (Lipinski definition) is 1. The molecule has 0 aliphatic heterocycles. The lowest BCUT2D eigenvalue weighted by molar-refractivity contribution is -0.274. The number of rotatable bonds is 10. The summed E-state index contributed by atoms with van der Waals surface area (Å²) in [7, 11) is 1.35. The second-order valence-corrected chi connectivity index (χ2v) is 7.88. The Balaban J connectivity index is 1.70. The van der Waals surface area contributed by atoms with Gasteiger partial charge in [-0.05, 0) is 47.9 Å². The third-order valence-electron chi connectivity index (χ3n) is 5.00. The Morgan fingerprint density at radius 2 is 1.68 bits per heavy atom. The molecule has 0 fully saturated rings. The highest BCUT2D eigenvalue weighted by Gasteiger charge is 2.31. The molecule has 3 aromatic rings. The van der Waals surface area contributed by atoms with Gasteiger partial charge < -0.3 is 19.3 Å². The lowest BCUT2D eigenvalue weighted by Crippen LogP contribution is -2.24. The number of aromatic nitrogens is 2. The zero-order valence-corrected chi connectivity index (χ0v) is 18.9. The molecule has 1 aromatic heterocycles. The molecular formula is C24H25F3N2O5. The van der Waals surface area contributed by atoms with Crippen molar-refractivity contribution < 1.29 is 37.3 Å². The van der Waals surface area contributed by atoms with Crippen LogP contribution in [0.25, 0.3) is 5.69 Å². The van der Waals surface area contributed by atoms with E-state index < -0.39 is 18.4 Å². The average Bonchev–Trinajstić information content (AvgIpc) is 3.20. The van der Waals surface area contributed by atoms with Crippen LogP contribution in [0.1, 0.15) is 36.6 Å². The minimum Gasteiger partial charge on any atom is -0.489 e. The molecule has 3 rings (SSSR count). The topological polar surface area (TPSA) is 82.8 Å². The number of carboxylic acids is 1. The number of hydrogen-bond acceptors (Lipinski definition) is 5. The van der Waals surface area contributed by atoms with Crippen molar-refractivity contribution in [1.29, 1.82) is 0 Å². The van der Waals surface area contributed by atoms with Gasteiger partial charge >= 0.3 is 12.3 Å². The summed E-state index contributed by atoms with van der Waals surface area (Å²) in [6.07, 6.45) is -3.65. The fraction of sp³-hybridized carbons (Fsp3) is 0.333. The van der Waals surface area contributed by atoms with E-state index in [1.54, 1.807) is 35.1 Å². The van der Waals surface area contributed by atoms with E-state index in [1.807, 2.05) is 13.8 Å². The van der Waals surface area contributed by atoms with Crippen molar-refractivity contribution in [2.45, 2.75) is 45.3 Å². The number of aliphatic carboxylic acids is 1. The van der Waals surface area contributed by atoms with Crippen LogP contribution in [-0.4, -0.2) is 40.4 Å². The number of alkyl halides is 3. The van der Waals surface area contributed by atoms with E-state index in [9.17, 15) is 18.0 Å². The first-order valence-electron chi connectivity index (χ1n) is 10.5. The Labute approximate surface area is 194 Å². The van der Waals surface area contributed by atoms with E-state index in [4.69, 9.17) is 14.6 Å². The zero-order valence-electron chi connectivity index (χ0n) is 18.9. The van der Waals surface area contributed by atoms with E-state index in [0.29, 0.717) is 11.4 Å². The predicted octanol–water partition coefficient (Wildman–Crippen LogP) is 5.12. The molecule has 0 saturated heterocycles. The number of halogens is 3. The van der Waals surface area contributed by atoms with Gasteiger partial charge in [-0.1, -0.05) is 26.0 Å². The molecule has 0 saturated carbocycles. The number of carboxylic acid groups (broad SMARTS) is 1. The molecule has 0 bridgehead atoms. The van der Waals surface area contributed by atoms with Crippen molar-refractivity contribution >= 4 is 5.97 Å². The molecule has 0 aliphatic rings. The van der Waals surface area contributed by atoms with E-state index >= 15 is 0 Å². The van der Waals surface area contributed by atoms with Gasteiger partial charge in [-0.15, -0.1) is 13.2 Å². The summed E-state index contributed by atoms with van der Waals surface area (Å²) in [6.45, 7) is 4.21. The first kappa shape index (κ1) is 25.1. The van der Waals surface area contributed by atoms with Gasteiger partial charge in [0.15, 0.2) is 6.10 Å². The van der Waals surface area contributed by atoms with Gasteiger partial charge in [0.05, 0.1) is 11.4 Å². The van der Waals surface area contributed by atoms with Crippen LogP contribution in [0.5, 0.6) is 11.5 Å². The number of nitrogens with zero attached hydrogens (tertiary/aromatic N) is 2. The van der Waals surface area contributed by atoms with Crippen molar-refractivity contribution in [2.24, 2.45) is 0 Å². The zero-order chi connectivity index (χ0) is 24.9. The van der Waals surface area contributed by atoms with Crippen molar-refractivity contribution in [3.63, 3.8) is 0 Å². The lowest BCUT2D eigenvalue weighted by Gasteiger charge is -2.11. The number of methoxy groups -OCH3 is 1. The van der Waals surface area contributed by atoms with Gasteiger partial charge in [0.2, 0.25) is 0 Å². The maximum Gasteiger partial charge on any atom is 0.573 e. The average molecular weight is 478 g/mol. The van der Waals surface area contributed by atoms with E-state index in [1.165, 1.54) is 31.4 Å². The minimum absolute atomic E-state index is 0.0945. The summed E-state index contributed by atoms with van der Waals surface area (Å²) in [5.41, 5.74) is 3.02. The third-order valence-corrected chi connectivity index (χ3v) is 5.00. The Morgan fingerprint density at radius 1 is 1.06 bits per heavy atom. The molecule has 1 unspecified atom stereocenters. The van der Waals surface area contributed by atoms with Crippen molar-refractivity contribution in [3.05, 3.63) is 71.5 Å². The molecule has 1 atom stereocenters. The third kappa shape index (κ3) is 6.74. The molecular weight excluding hydrogens is 453 g/mol. The van der Waals surface area contributed by atoms with Crippen LogP contribution in [-0.2, 0) is 22.6 Å². The van der Waals surface area contributed by atoms with Gasteiger partial charge in [-0.2, -0.15) is 5.10 Å². The van der Waals surface area contributed by atoms with Gasteiger partial charge in [-0.25, -0.2) is 9.48 Å². The highest BCUT2D eigenvalue weighted by atomic mass is 19.4. The van der Waals surface area contributed by atoms with Crippen LogP contribution in [0.2, 0.25) is 0 Å². The summed E-state index contributed by atoms with van der Waals surface area (Å²) < 4.78 is 53.5. The highest BCUT2D eigenvalue weighted by Crippen LogP contribution is 2.26. The largest absolute Gasteiger partial charge is 0.573 e. The fourth-order valence-corrected chi connectivity index (χ4v) is 3.32. The highest BCUT2D eigenvalue weighted by molar-refractivity contribution is 5.72. The van der Waals surface area contributed by atoms with Crippen molar-refractivity contribution in [2.75, 3.05) is 7.11 Å². The molecule has 1 N–H and O–H groups in total. The summed E-state index contributed by atoms with van der Waals surface area (Å²) in [6, 6.07) is 12.5. The molecule has 182 valence electrons. The monoisotopic (exact) mass is 478 g/mol. The van der Waals surface area contributed by atoms with Gasteiger partial charge in [0, 0.05) is 25.3 Å². The fourth-order valence-electron chi connectivity index (χ4n) is 3.32. The first-order valence-corrected chi connectivity index (χ1v) is 10.5.